The highest BCUT2D eigenvalue weighted by Gasteiger charge is 2.40. The van der Waals surface area contributed by atoms with Crippen molar-refractivity contribution in [1.82, 2.24) is 0 Å². The van der Waals surface area contributed by atoms with Gasteiger partial charge in [0.05, 0.1) is 37.7 Å². The number of alkyl halides is 6. The summed E-state index contributed by atoms with van der Waals surface area (Å²) in [5.41, 5.74) is -7.30. The minimum atomic E-state index is -5.27. The average molecular weight is 509 g/mol. The van der Waals surface area contributed by atoms with Crippen LogP contribution >= 0.6 is 27.5 Å². The van der Waals surface area contributed by atoms with Gasteiger partial charge < -0.3 is 5.32 Å². The number of nitro benzene ring substituents is 2. The molecule has 0 saturated heterocycles. The predicted molar refractivity (Wildman–Crippen MR) is 92.2 cm³/mol. The van der Waals surface area contributed by atoms with Crippen molar-refractivity contribution in [3.63, 3.8) is 0 Å². The van der Waals surface area contributed by atoms with E-state index in [1.165, 1.54) is 0 Å². The van der Waals surface area contributed by atoms with E-state index in [1.54, 1.807) is 0 Å². The number of anilines is 2. The number of nitro groups is 2. The largest absolute Gasteiger partial charge is 0.418 e. The van der Waals surface area contributed by atoms with Crippen molar-refractivity contribution in [2.45, 2.75) is 12.4 Å². The predicted octanol–water partition coefficient (Wildman–Crippen LogP) is 6.70. The van der Waals surface area contributed by atoms with Gasteiger partial charge in [0.15, 0.2) is 0 Å². The second-order valence-electron chi connectivity index (χ2n) is 5.34. The Kier molecular flexibility index (Phi) is 5.99. The number of nitrogens with zero attached hydrogens (tertiary/aromatic N) is 2. The number of non-ortho nitro benzene ring substituents is 1. The Bertz CT molecular complexity index is 989. The minimum absolute atomic E-state index is 0.0568. The lowest BCUT2D eigenvalue weighted by atomic mass is 10.1. The van der Waals surface area contributed by atoms with Crippen LogP contribution in [-0.2, 0) is 12.4 Å². The lowest BCUT2D eigenvalue weighted by Crippen LogP contribution is -2.12. The number of halogens is 8. The average Bonchev–Trinajstić information content (AvgIpc) is 2.55. The molecule has 0 aliphatic carbocycles. The monoisotopic (exact) mass is 507 g/mol. The lowest BCUT2D eigenvalue weighted by Gasteiger charge is -2.17. The first-order chi connectivity index (χ1) is 13.1. The molecule has 0 aliphatic heterocycles. The summed E-state index contributed by atoms with van der Waals surface area (Å²) in [4.78, 5) is 19.5. The van der Waals surface area contributed by atoms with Crippen molar-refractivity contribution in [3.05, 3.63) is 65.1 Å². The molecule has 15 heteroatoms. The first-order valence-corrected chi connectivity index (χ1v) is 8.17. The summed E-state index contributed by atoms with van der Waals surface area (Å²) in [6.07, 6.45) is -10.1. The van der Waals surface area contributed by atoms with Crippen LogP contribution in [0.5, 0.6) is 0 Å². The van der Waals surface area contributed by atoms with E-state index in [9.17, 15) is 46.6 Å². The zero-order valence-electron chi connectivity index (χ0n) is 13.4. The lowest BCUT2D eigenvalue weighted by molar-refractivity contribution is -0.394. The van der Waals surface area contributed by atoms with Crippen LogP contribution in [0.25, 0.3) is 0 Å². The highest BCUT2D eigenvalue weighted by molar-refractivity contribution is 9.10. The molecule has 2 aromatic rings. The van der Waals surface area contributed by atoms with Crippen LogP contribution in [0.2, 0.25) is 5.02 Å². The van der Waals surface area contributed by atoms with Crippen LogP contribution in [0.3, 0.4) is 0 Å². The molecule has 0 radical (unpaired) electrons. The molecule has 0 amide bonds. The van der Waals surface area contributed by atoms with Gasteiger partial charge in [0.1, 0.15) is 5.69 Å². The number of hydrogen-bond donors (Lipinski definition) is 1. The van der Waals surface area contributed by atoms with Crippen molar-refractivity contribution in [3.8, 4) is 0 Å². The van der Waals surface area contributed by atoms with E-state index < -0.39 is 65.6 Å². The van der Waals surface area contributed by atoms with Crippen molar-refractivity contribution in [2.75, 3.05) is 5.32 Å². The normalized spacial score (nSPS) is 12.0. The topological polar surface area (TPSA) is 98.3 Å². The number of hydrogen-bond acceptors (Lipinski definition) is 5. The summed E-state index contributed by atoms with van der Waals surface area (Å²) in [6, 6.07) is 1.24. The molecule has 0 fully saturated rings. The van der Waals surface area contributed by atoms with Crippen LogP contribution in [0.4, 0.5) is 49.1 Å². The maximum absolute atomic E-state index is 13.4. The van der Waals surface area contributed by atoms with Crippen molar-refractivity contribution in [1.29, 1.82) is 0 Å². The maximum Gasteiger partial charge on any atom is 0.418 e. The summed E-state index contributed by atoms with van der Waals surface area (Å²) in [5, 5.41) is 23.3. The highest BCUT2D eigenvalue weighted by Crippen LogP contribution is 2.46. The van der Waals surface area contributed by atoms with Gasteiger partial charge in [-0.2, -0.15) is 26.3 Å². The zero-order valence-corrected chi connectivity index (χ0v) is 15.7. The molecule has 2 aromatic carbocycles. The molecule has 0 aromatic heterocycles. The molecule has 2 rings (SSSR count). The van der Waals surface area contributed by atoms with E-state index in [2.05, 4.69) is 15.9 Å². The van der Waals surface area contributed by atoms with E-state index in [0.29, 0.717) is 12.1 Å². The second-order valence-corrected chi connectivity index (χ2v) is 6.60. The summed E-state index contributed by atoms with van der Waals surface area (Å²) < 4.78 is 78.1. The quantitative estimate of drug-likeness (QED) is 0.281. The third-order valence-corrected chi connectivity index (χ3v) is 4.36. The fourth-order valence-corrected chi connectivity index (χ4v) is 3.14. The van der Waals surface area contributed by atoms with Gasteiger partial charge in [-0.15, -0.1) is 0 Å². The van der Waals surface area contributed by atoms with Crippen molar-refractivity contribution in [2.24, 2.45) is 0 Å². The van der Waals surface area contributed by atoms with Crippen LogP contribution in [-0.4, -0.2) is 9.85 Å². The van der Waals surface area contributed by atoms with Gasteiger partial charge in [-0.3, -0.25) is 20.2 Å². The smallest absolute Gasteiger partial charge is 0.347 e. The van der Waals surface area contributed by atoms with E-state index >= 15 is 0 Å². The summed E-state index contributed by atoms with van der Waals surface area (Å²) >= 11 is 8.44. The Morgan fingerprint density at radius 3 is 1.90 bits per heavy atom. The Morgan fingerprint density at radius 1 is 0.897 bits per heavy atom. The Balaban J connectivity index is 2.75. The van der Waals surface area contributed by atoms with Crippen LogP contribution in [0.15, 0.2) is 28.7 Å². The van der Waals surface area contributed by atoms with Gasteiger partial charge in [0.25, 0.3) is 11.4 Å². The highest BCUT2D eigenvalue weighted by atomic mass is 79.9. The molecule has 0 heterocycles. The molecular formula is C14H5BrClF6N3O4. The molecular weight excluding hydrogens is 504 g/mol. The van der Waals surface area contributed by atoms with Gasteiger partial charge in [0.2, 0.25) is 0 Å². The third kappa shape index (κ3) is 4.87. The molecule has 7 nitrogen and oxygen atoms in total. The minimum Gasteiger partial charge on any atom is -0.347 e. The maximum atomic E-state index is 13.4. The summed E-state index contributed by atoms with van der Waals surface area (Å²) in [6.45, 7) is 0. The molecule has 0 aliphatic rings. The fraction of sp³-hybridized carbons (Fsp3) is 0.143. The Hall–Kier alpha value is -2.61. The number of benzene rings is 2. The SMILES string of the molecule is O=[N+]([O-])c1cc([N+](=O)[O-])c(Nc2c(Cl)cc(C(F)(F)F)cc2Br)c(C(F)(F)F)c1. The van der Waals surface area contributed by atoms with E-state index in [1.807, 2.05) is 5.32 Å². The number of nitrogens with one attached hydrogen (secondary N) is 1. The molecule has 1 N–H and O–H groups in total. The molecule has 0 unspecified atom stereocenters. The molecule has 156 valence electrons. The van der Waals surface area contributed by atoms with Gasteiger partial charge >= 0.3 is 12.4 Å². The van der Waals surface area contributed by atoms with Gasteiger partial charge in [-0.1, -0.05) is 11.6 Å². The molecule has 29 heavy (non-hydrogen) atoms. The van der Waals surface area contributed by atoms with Crippen LogP contribution < -0.4 is 5.32 Å². The fourth-order valence-electron chi connectivity index (χ4n) is 2.20. The molecule has 0 saturated carbocycles. The van der Waals surface area contributed by atoms with E-state index in [4.69, 9.17) is 11.6 Å². The van der Waals surface area contributed by atoms with E-state index in [-0.39, 0.29) is 12.1 Å². The first kappa shape index (κ1) is 22.7. The Labute approximate surface area is 169 Å². The zero-order chi connectivity index (χ0) is 22.3. The van der Waals surface area contributed by atoms with Gasteiger partial charge in [0, 0.05) is 10.5 Å². The first-order valence-electron chi connectivity index (χ1n) is 7.00. The number of rotatable bonds is 4. The van der Waals surface area contributed by atoms with E-state index in [0.717, 1.165) is 0 Å². The van der Waals surface area contributed by atoms with Gasteiger partial charge in [-0.25, -0.2) is 0 Å². The van der Waals surface area contributed by atoms with Crippen LogP contribution in [0, 0.1) is 20.2 Å². The summed E-state index contributed by atoms with van der Waals surface area (Å²) in [7, 11) is 0. The molecule has 0 atom stereocenters. The van der Waals surface area contributed by atoms with Crippen molar-refractivity contribution >= 4 is 50.3 Å². The molecule has 0 bridgehead atoms. The van der Waals surface area contributed by atoms with Gasteiger partial charge in [-0.05, 0) is 28.1 Å². The Morgan fingerprint density at radius 2 is 1.48 bits per heavy atom. The standard InChI is InChI=1S/C14H5BrClF6N3O4/c15-8-1-5(13(17,18)19)2-9(16)12(8)23-11-7(14(20,21)22)3-6(24(26)27)4-10(11)25(28)29/h1-4,23H. The molecule has 0 spiro atoms. The third-order valence-electron chi connectivity index (χ3n) is 3.43. The van der Waals surface area contributed by atoms with Crippen molar-refractivity contribution < 1.29 is 36.2 Å². The van der Waals surface area contributed by atoms with Crippen LogP contribution in [0.1, 0.15) is 11.1 Å². The second kappa shape index (κ2) is 7.67. The summed E-state index contributed by atoms with van der Waals surface area (Å²) in [5.74, 6) is 0.